The summed E-state index contributed by atoms with van der Waals surface area (Å²) in [7, 11) is -3.05. The molecule has 7 nitrogen and oxygen atoms in total. The molecule has 3 atom stereocenters. The van der Waals surface area contributed by atoms with Crippen LogP contribution in [0.2, 0.25) is 0 Å². The number of non-ortho nitro benzene ring substituents is 1. The second-order valence-corrected chi connectivity index (χ2v) is 12.5. The molecule has 4 fully saturated rings. The molecule has 4 aliphatic carbocycles. The Bertz CT molecular complexity index is 974. The van der Waals surface area contributed by atoms with Crippen LogP contribution in [0.15, 0.2) is 41.3 Å². The quantitative estimate of drug-likeness (QED) is 0.217. The topological polar surface area (TPSA) is 104 Å². The molecular formula is C20H23NO6S2. The Morgan fingerprint density at radius 2 is 1.93 bits per heavy atom. The highest BCUT2D eigenvalue weighted by Gasteiger charge is 2.60. The molecule has 0 amide bonds. The van der Waals surface area contributed by atoms with Gasteiger partial charge in [-0.3, -0.25) is 10.1 Å². The van der Waals surface area contributed by atoms with Crippen LogP contribution in [0.4, 0.5) is 5.69 Å². The lowest BCUT2D eigenvalue weighted by molar-refractivity contribution is -0.385. The molecule has 4 bridgehead atoms. The normalized spacial score (nSPS) is 32.7. The summed E-state index contributed by atoms with van der Waals surface area (Å²) >= 11 is 0. The third kappa shape index (κ3) is 3.70. The van der Waals surface area contributed by atoms with Gasteiger partial charge in [0.15, 0.2) is 0 Å². The predicted molar refractivity (Wildman–Crippen MR) is 109 cm³/mol. The van der Waals surface area contributed by atoms with Crippen molar-refractivity contribution in [3.05, 3.63) is 46.5 Å². The number of nitro groups is 1. The van der Waals surface area contributed by atoms with Crippen LogP contribution in [-0.2, 0) is 18.4 Å². The van der Waals surface area contributed by atoms with Crippen molar-refractivity contribution in [1.29, 1.82) is 0 Å². The monoisotopic (exact) mass is 437 g/mol. The van der Waals surface area contributed by atoms with E-state index in [1.54, 1.807) is 6.92 Å². The third-order valence-corrected chi connectivity index (χ3v) is 10.4. The zero-order chi connectivity index (χ0) is 21.0. The minimum absolute atomic E-state index is 0.0908. The second-order valence-electron chi connectivity index (χ2n) is 8.57. The minimum atomic E-state index is -3.86. The van der Waals surface area contributed by atoms with Gasteiger partial charge in [0.05, 0.1) is 15.1 Å². The van der Waals surface area contributed by atoms with Gasteiger partial charge < -0.3 is 4.74 Å². The zero-order valence-electron chi connectivity index (χ0n) is 16.1. The van der Waals surface area contributed by atoms with Crippen LogP contribution in [0.25, 0.3) is 0 Å². The standard InChI is InChI=1S/C20H23NO6S2/c1-12(2)19(22)27-20-10-13-6-14(11-20)8-15(7-13)18(20)28-29(25,26)17-5-3-4-16(9-17)21(23)24/h3-5,9,13-15,18H,1,6-8,10-11H2,2H3. The van der Waals surface area contributed by atoms with E-state index in [-0.39, 0.29) is 21.8 Å². The molecule has 0 heterocycles. The van der Waals surface area contributed by atoms with E-state index in [0.717, 1.165) is 36.1 Å². The molecule has 0 radical (unpaired) electrons. The highest BCUT2D eigenvalue weighted by atomic mass is 33.1. The first-order valence-corrected chi connectivity index (χ1v) is 12.5. The van der Waals surface area contributed by atoms with E-state index in [2.05, 4.69) is 6.58 Å². The predicted octanol–water partition coefficient (Wildman–Crippen LogP) is 4.08. The number of hydrogen-bond acceptors (Lipinski definition) is 7. The van der Waals surface area contributed by atoms with E-state index < -0.39 is 25.4 Å². The maximum absolute atomic E-state index is 13.1. The van der Waals surface area contributed by atoms with Crippen molar-refractivity contribution in [2.75, 3.05) is 0 Å². The number of rotatable bonds is 6. The Kier molecular flexibility index (Phi) is 5.01. The van der Waals surface area contributed by atoms with Crippen molar-refractivity contribution in [3.8, 4) is 0 Å². The van der Waals surface area contributed by atoms with E-state index >= 15 is 0 Å². The fourth-order valence-corrected chi connectivity index (χ4v) is 9.59. The second kappa shape index (κ2) is 7.12. The Balaban J connectivity index is 1.67. The molecule has 29 heavy (non-hydrogen) atoms. The highest BCUT2D eigenvalue weighted by molar-refractivity contribution is 8.72. The maximum Gasteiger partial charge on any atom is 0.333 e. The van der Waals surface area contributed by atoms with Gasteiger partial charge in [0.2, 0.25) is 8.87 Å². The largest absolute Gasteiger partial charge is 0.454 e. The molecule has 0 aliphatic heterocycles. The fraction of sp³-hybridized carbons (Fsp3) is 0.550. The first-order chi connectivity index (χ1) is 13.6. The van der Waals surface area contributed by atoms with Crippen LogP contribution < -0.4 is 0 Å². The molecule has 0 N–H and O–H groups in total. The van der Waals surface area contributed by atoms with Gasteiger partial charge in [-0.25, -0.2) is 13.2 Å². The molecule has 4 saturated carbocycles. The summed E-state index contributed by atoms with van der Waals surface area (Å²) in [6.07, 6.45) is 4.32. The van der Waals surface area contributed by atoms with Crippen LogP contribution in [0, 0.1) is 27.9 Å². The summed E-state index contributed by atoms with van der Waals surface area (Å²) < 4.78 is 32.2. The van der Waals surface area contributed by atoms with Gasteiger partial charge in [-0.2, -0.15) is 0 Å². The highest BCUT2D eigenvalue weighted by Crippen LogP contribution is 2.61. The lowest BCUT2D eigenvalue weighted by atomic mass is 9.54. The van der Waals surface area contributed by atoms with Crippen LogP contribution in [-0.4, -0.2) is 30.2 Å². The van der Waals surface area contributed by atoms with Crippen molar-refractivity contribution in [2.24, 2.45) is 17.8 Å². The Morgan fingerprint density at radius 1 is 1.28 bits per heavy atom. The lowest BCUT2D eigenvalue weighted by Crippen LogP contribution is -2.61. The SMILES string of the molecule is C=C(C)C(=O)OC12CC3CC(CC(C3)C1SS(=O)(=O)c1cccc([N+](=O)[O-])c1)C2. The van der Waals surface area contributed by atoms with Gasteiger partial charge in [0, 0.05) is 17.7 Å². The molecule has 0 spiro atoms. The summed E-state index contributed by atoms with van der Waals surface area (Å²) in [6.45, 7) is 5.25. The summed E-state index contributed by atoms with van der Waals surface area (Å²) in [6, 6.07) is 5.10. The molecule has 9 heteroatoms. The zero-order valence-corrected chi connectivity index (χ0v) is 17.7. The van der Waals surface area contributed by atoms with E-state index in [9.17, 15) is 23.3 Å². The van der Waals surface area contributed by atoms with Gasteiger partial charge in [-0.1, -0.05) is 12.6 Å². The number of nitrogens with zero attached hydrogens (tertiary/aromatic N) is 1. The van der Waals surface area contributed by atoms with E-state index in [4.69, 9.17) is 4.74 Å². The third-order valence-electron chi connectivity index (χ3n) is 6.35. The Morgan fingerprint density at radius 3 is 2.52 bits per heavy atom. The molecule has 0 aromatic heterocycles. The van der Waals surface area contributed by atoms with Crippen LogP contribution in [0.5, 0.6) is 0 Å². The van der Waals surface area contributed by atoms with E-state index in [1.165, 1.54) is 18.2 Å². The first kappa shape index (κ1) is 20.4. The van der Waals surface area contributed by atoms with E-state index in [1.807, 2.05) is 0 Å². The minimum Gasteiger partial charge on any atom is -0.454 e. The Labute approximate surface area is 173 Å². The molecular weight excluding hydrogens is 414 g/mol. The average molecular weight is 438 g/mol. The lowest BCUT2D eigenvalue weighted by Gasteiger charge is -2.59. The number of hydrogen-bond donors (Lipinski definition) is 0. The summed E-state index contributed by atoms with van der Waals surface area (Å²) in [5.74, 6) is 0.563. The van der Waals surface area contributed by atoms with Crippen molar-refractivity contribution in [1.82, 2.24) is 0 Å². The maximum atomic E-state index is 13.1. The number of esters is 1. The number of carbonyl (C=O) groups excluding carboxylic acids is 1. The van der Waals surface area contributed by atoms with Gasteiger partial charge in [-0.15, -0.1) is 0 Å². The summed E-state index contributed by atoms with van der Waals surface area (Å²) in [5.41, 5.74) is -0.783. The van der Waals surface area contributed by atoms with Crippen molar-refractivity contribution in [3.63, 3.8) is 0 Å². The fourth-order valence-electron chi connectivity index (χ4n) is 5.44. The molecule has 5 rings (SSSR count). The smallest absolute Gasteiger partial charge is 0.333 e. The summed E-state index contributed by atoms with van der Waals surface area (Å²) in [4.78, 5) is 22.7. The number of benzene rings is 1. The number of nitro benzene ring substituents is 1. The van der Waals surface area contributed by atoms with Gasteiger partial charge in [0.1, 0.15) is 5.60 Å². The molecule has 1 aromatic carbocycles. The van der Waals surface area contributed by atoms with Crippen LogP contribution >= 0.6 is 10.8 Å². The summed E-state index contributed by atoms with van der Waals surface area (Å²) in [5, 5.41) is 10.7. The van der Waals surface area contributed by atoms with Crippen molar-refractivity contribution in [2.45, 2.75) is 54.8 Å². The van der Waals surface area contributed by atoms with Crippen LogP contribution in [0.3, 0.4) is 0 Å². The molecule has 3 unspecified atom stereocenters. The van der Waals surface area contributed by atoms with Crippen molar-refractivity contribution < 1.29 is 22.9 Å². The molecule has 0 saturated heterocycles. The molecule has 4 aliphatic rings. The van der Waals surface area contributed by atoms with Crippen molar-refractivity contribution >= 4 is 31.3 Å². The number of ether oxygens (including phenoxy) is 1. The number of carbonyl (C=O) groups is 1. The van der Waals surface area contributed by atoms with Gasteiger partial charge >= 0.3 is 5.97 Å². The van der Waals surface area contributed by atoms with Gasteiger partial charge in [0.25, 0.3) is 5.69 Å². The molecule has 156 valence electrons. The van der Waals surface area contributed by atoms with Gasteiger partial charge in [-0.05, 0) is 73.6 Å². The Hall–Kier alpha value is -1.87. The van der Waals surface area contributed by atoms with Crippen LogP contribution in [0.1, 0.15) is 39.0 Å². The molecule has 1 aromatic rings. The van der Waals surface area contributed by atoms with E-state index in [0.29, 0.717) is 30.3 Å². The average Bonchev–Trinajstić information content (AvgIpc) is 2.64. The first-order valence-electron chi connectivity index (χ1n) is 9.66.